The average molecular weight is 364 g/mol. The highest BCUT2D eigenvalue weighted by atomic mass is 16.5. The number of amides is 1. The number of hydrogen-bond acceptors (Lipinski definition) is 4. The maximum Gasteiger partial charge on any atom is 0.242 e. The molecule has 140 valence electrons. The molecule has 6 nitrogen and oxygen atoms in total. The number of imidazole rings is 1. The monoisotopic (exact) mass is 364 g/mol. The summed E-state index contributed by atoms with van der Waals surface area (Å²) in [6, 6.07) is 17.8. The number of nitrogens with zero attached hydrogens (tertiary/aromatic N) is 3. The molecule has 1 aliphatic heterocycles. The Kier molecular flexibility index (Phi) is 5.07. The third-order valence-electron chi connectivity index (χ3n) is 4.96. The Balaban J connectivity index is 1.59. The van der Waals surface area contributed by atoms with E-state index < -0.39 is 0 Å². The van der Waals surface area contributed by atoms with Gasteiger partial charge in [0, 0.05) is 25.7 Å². The predicted molar refractivity (Wildman–Crippen MR) is 105 cm³/mol. The quantitative estimate of drug-likeness (QED) is 0.755. The highest BCUT2D eigenvalue weighted by Crippen LogP contribution is 2.19. The number of hydrogen-bond donors (Lipinski definition) is 1. The Hall–Kier alpha value is -2.86. The minimum atomic E-state index is 0.119. The molecule has 1 atom stereocenters. The van der Waals surface area contributed by atoms with E-state index in [2.05, 4.69) is 12.2 Å². The fourth-order valence-electron chi connectivity index (χ4n) is 3.51. The van der Waals surface area contributed by atoms with Gasteiger partial charge in [-0.3, -0.25) is 4.79 Å². The Morgan fingerprint density at radius 3 is 2.78 bits per heavy atom. The van der Waals surface area contributed by atoms with E-state index in [1.165, 1.54) is 0 Å². The normalized spacial score (nSPS) is 17.2. The van der Waals surface area contributed by atoms with E-state index in [1.807, 2.05) is 64.1 Å². The summed E-state index contributed by atoms with van der Waals surface area (Å²) in [5.41, 5.74) is 1.84. The first-order chi connectivity index (χ1) is 13.2. The van der Waals surface area contributed by atoms with Gasteiger partial charge in [-0.2, -0.15) is 0 Å². The van der Waals surface area contributed by atoms with Gasteiger partial charge < -0.3 is 19.5 Å². The summed E-state index contributed by atoms with van der Waals surface area (Å²) in [5.74, 6) is 1.67. The molecule has 1 aliphatic rings. The molecule has 0 bridgehead atoms. The molecule has 6 heteroatoms. The third kappa shape index (κ3) is 3.80. The van der Waals surface area contributed by atoms with Crippen molar-refractivity contribution in [2.24, 2.45) is 0 Å². The molecular weight excluding hydrogens is 340 g/mol. The minimum Gasteiger partial charge on any atom is -0.486 e. The molecule has 1 N–H and O–H groups in total. The smallest absolute Gasteiger partial charge is 0.242 e. The maximum atomic E-state index is 13.0. The molecule has 0 aliphatic carbocycles. The predicted octanol–water partition coefficient (Wildman–Crippen LogP) is 2.44. The van der Waals surface area contributed by atoms with E-state index in [1.54, 1.807) is 0 Å². The van der Waals surface area contributed by atoms with E-state index in [4.69, 9.17) is 9.72 Å². The summed E-state index contributed by atoms with van der Waals surface area (Å²) in [7, 11) is 0. The number of carbonyl (C=O) groups excluding carboxylic acids is 1. The minimum absolute atomic E-state index is 0.119. The lowest BCUT2D eigenvalue weighted by Crippen LogP contribution is -2.53. The van der Waals surface area contributed by atoms with Crippen LogP contribution >= 0.6 is 0 Å². The standard InChI is InChI=1S/C21H24N4O2/c1-16-13-22-11-12-24(16)21(26)14-25-19-10-6-5-9-18(19)23-20(25)15-27-17-7-3-2-4-8-17/h2-10,16,22H,11-15H2,1H3. The van der Waals surface area contributed by atoms with Gasteiger partial charge in [-0.15, -0.1) is 0 Å². The van der Waals surface area contributed by atoms with E-state index in [9.17, 15) is 4.79 Å². The molecule has 1 fully saturated rings. The zero-order valence-electron chi connectivity index (χ0n) is 15.5. The molecule has 27 heavy (non-hydrogen) atoms. The van der Waals surface area contributed by atoms with Crippen molar-refractivity contribution in [2.75, 3.05) is 19.6 Å². The first-order valence-electron chi connectivity index (χ1n) is 9.34. The van der Waals surface area contributed by atoms with Crippen molar-refractivity contribution in [3.63, 3.8) is 0 Å². The number of aromatic nitrogens is 2. The second-order valence-electron chi connectivity index (χ2n) is 6.84. The van der Waals surface area contributed by atoms with Crippen LogP contribution in [-0.2, 0) is 17.9 Å². The van der Waals surface area contributed by atoms with Crippen LogP contribution in [0, 0.1) is 0 Å². The summed E-state index contributed by atoms with van der Waals surface area (Å²) in [6.45, 7) is 5.09. The zero-order valence-corrected chi connectivity index (χ0v) is 15.5. The lowest BCUT2D eigenvalue weighted by Gasteiger charge is -2.34. The van der Waals surface area contributed by atoms with Crippen molar-refractivity contribution in [1.29, 1.82) is 0 Å². The van der Waals surface area contributed by atoms with Crippen LogP contribution in [0.3, 0.4) is 0 Å². The summed E-state index contributed by atoms with van der Waals surface area (Å²) in [4.78, 5) is 19.6. The molecule has 4 rings (SSSR count). The van der Waals surface area contributed by atoms with Crippen molar-refractivity contribution in [2.45, 2.75) is 26.1 Å². The second kappa shape index (κ2) is 7.80. The summed E-state index contributed by atoms with van der Waals surface area (Å²) in [5, 5.41) is 3.32. The van der Waals surface area contributed by atoms with Gasteiger partial charge in [0.1, 0.15) is 24.7 Å². The van der Waals surface area contributed by atoms with Crippen LogP contribution in [0.4, 0.5) is 0 Å². The largest absolute Gasteiger partial charge is 0.486 e. The van der Waals surface area contributed by atoms with E-state index in [-0.39, 0.29) is 18.5 Å². The summed E-state index contributed by atoms with van der Waals surface area (Å²) < 4.78 is 7.87. The second-order valence-corrected chi connectivity index (χ2v) is 6.84. The highest BCUT2D eigenvalue weighted by molar-refractivity contribution is 5.81. The average Bonchev–Trinajstić information content (AvgIpc) is 3.05. The van der Waals surface area contributed by atoms with Gasteiger partial charge in [0.15, 0.2) is 0 Å². The number of rotatable bonds is 5. The van der Waals surface area contributed by atoms with Crippen LogP contribution in [-0.4, -0.2) is 46.0 Å². The molecule has 0 saturated carbocycles. The van der Waals surface area contributed by atoms with Crippen LogP contribution in [0.1, 0.15) is 12.7 Å². The molecule has 1 unspecified atom stereocenters. The molecule has 0 spiro atoms. The van der Waals surface area contributed by atoms with Gasteiger partial charge in [0.05, 0.1) is 11.0 Å². The maximum absolute atomic E-state index is 13.0. The summed E-state index contributed by atoms with van der Waals surface area (Å²) >= 11 is 0. The molecule has 1 amide bonds. The molecule has 2 aromatic carbocycles. The third-order valence-corrected chi connectivity index (χ3v) is 4.96. The van der Waals surface area contributed by atoms with Crippen LogP contribution in [0.5, 0.6) is 5.75 Å². The Morgan fingerprint density at radius 1 is 1.19 bits per heavy atom. The number of piperazine rings is 1. The van der Waals surface area contributed by atoms with Crippen LogP contribution in [0.2, 0.25) is 0 Å². The number of nitrogens with one attached hydrogen (secondary N) is 1. The van der Waals surface area contributed by atoms with Crippen molar-refractivity contribution in [3.8, 4) is 5.75 Å². The Morgan fingerprint density at radius 2 is 1.96 bits per heavy atom. The van der Waals surface area contributed by atoms with Gasteiger partial charge in [-0.05, 0) is 31.2 Å². The fraction of sp³-hybridized carbons (Fsp3) is 0.333. The van der Waals surface area contributed by atoms with E-state index >= 15 is 0 Å². The lowest BCUT2D eigenvalue weighted by atomic mass is 10.2. The lowest BCUT2D eigenvalue weighted by molar-refractivity contribution is -0.134. The van der Waals surface area contributed by atoms with Gasteiger partial charge in [-0.25, -0.2) is 4.98 Å². The van der Waals surface area contributed by atoms with Gasteiger partial charge in [0.2, 0.25) is 5.91 Å². The number of ether oxygens (including phenoxy) is 1. The van der Waals surface area contributed by atoms with Gasteiger partial charge >= 0.3 is 0 Å². The van der Waals surface area contributed by atoms with Crippen molar-refractivity contribution < 1.29 is 9.53 Å². The highest BCUT2D eigenvalue weighted by Gasteiger charge is 2.24. The molecule has 0 radical (unpaired) electrons. The SMILES string of the molecule is CC1CNCCN1C(=O)Cn1c(COc2ccccc2)nc2ccccc21. The fourth-order valence-corrected chi connectivity index (χ4v) is 3.51. The van der Waals surface area contributed by atoms with Crippen molar-refractivity contribution in [1.82, 2.24) is 19.8 Å². The van der Waals surface area contributed by atoms with Crippen LogP contribution < -0.4 is 10.1 Å². The molecule has 1 saturated heterocycles. The molecule has 2 heterocycles. The van der Waals surface area contributed by atoms with Crippen molar-refractivity contribution in [3.05, 3.63) is 60.4 Å². The van der Waals surface area contributed by atoms with E-state index in [0.717, 1.165) is 42.2 Å². The van der Waals surface area contributed by atoms with Crippen LogP contribution in [0.15, 0.2) is 54.6 Å². The molecule has 1 aromatic heterocycles. The number of fused-ring (bicyclic) bond motifs is 1. The number of carbonyl (C=O) groups is 1. The van der Waals surface area contributed by atoms with E-state index in [0.29, 0.717) is 6.61 Å². The summed E-state index contributed by atoms with van der Waals surface area (Å²) in [6.07, 6.45) is 0. The van der Waals surface area contributed by atoms with Crippen molar-refractivity contribution >= 4 is 16.9 Å². The van der Waals surface area contributed by atoms with Gasteiger partial charge in [0.25, 0.3) is 0 Å². The van der Waals surface area contributed by atoms with Gasteiger partial charge in [-0.1, -0.05) is 30.3 Å². The number of para-hydroxylation sites is 3. The molecular formula is C21H24N4O2. The number of benzene rings is 2. The topological polar surface area (TPSA) is 59.4 Å². The Labute approximate surface area is 158 Å². The first kappa shape index (κ1) is 17.5. The Bertz CT molecular complexity index is 922. The molecule has 3 aromatic rings. The zero-order chi connectivity index (χ0) is 18.6. The first-order valence-corrected chi connectivity index (χ1v) is 9.34. The van der Waals surface area contributed by atoms with Crippen LogP contribution in [0.25, 0.3) is 11.0 Å².